The first-order chi connectivity index (χ1) is 18.0. The van der Waals surface area contributed by atoms with Gasteiger partial charge in [0.2, 0.25) is 0 Å². The van der Waals surface area contributed by atoms with Gasteiger partial charge in [-0.1, -0.05) is 13.0 Å². The summed E-state index contributed by atoms with van der Waals surface area (Å²) < 4.78 is 22.6. The highest BCUT2D eigenvalue weighted by Gasteiger charge is 2.40. The lowest BCUT2D eigenvalue weighted by atomic mass is 9.87. The van der Waals surface area contributed by atoms with Crippen LogP contribution in [0.5, 0.6) is 23.0 Å². The molecule has 9 nitrogen and oxygen atoms in total. The maximum Gasteiger partial charge on any atom is 0.340 e. The molecular formula is C27H34ClN3O6. The van der Waals surface area contributed by atoms with Crippen molar-refractivity contribution in [1.29, 1.82) is 0 Å². The van der Waals surface area contributed by atoms with E-state index in [-0.39, 0.29) is 30.5 Å². The van der Waals surface area contributed by atoms with Gasteiger partial charge >= 0.3 is 6.03 Å². The molecule has 1 aliphatic carbocycles. The zero-order valence-corrected chi connectivity index (χ0v) is 22.2. The average Bonchev–Trinajstić information content (AvgIpc) is 3.31. The molecule has 0 bridgehead atoms. The third-order valence-corrected chi connectivity index (χ3v) is 7.33. The number of rotatable bonds is 6. The molecule has 2 amide bonds. The minimum atomic E-state index is -0.435. The maximum atomic E-state index is 11.6. The number of fused-ring (bicyclic) bond motifs is 5. The minimum absolute atomic E-state index is 0.00163. The molecule has 2 atom stereocenters. The number of nitrogens with one attached hydrogen (secondary N) is 1. The Morgan fingerprint density at radius 1 is 1.05 bits per heavy atom. The van der Waals surface area contributed by atoms with Gasteiger partial charge in [0.05, 0.1) is 38.6 Å². The van der Waals surface area contributed by atoms with Gasteiger partial charge in [0, 0.05) is 35.2 Å². The van der Waals surface area contributed by atoms with E-state index in [2.05, 4.69) is 23.6 Å². The number of nitrogens with zero attached hydrogens (tertiary/aromatic N) is 2. The average molecular weight is 532 g/mol. The molecule has 0 spiro atoms. The number of benzene rings is 2. The van der Waals surface area contributed by atoms with Crippen LogP contribution >= 0.6 is 11.6 Å². The molecule has 10 heteroatoms. The molecular weight excluding hydrogens is 498 g/mol. The van der Waals surface area contributed by atoms with Gasteiger partial charge in [0.1, 0.15) is 29.1 Å². The molecule has 3 aliphatic rings. The van der Waals surface area contributed by atoms with E-state index >= 15 is 0 Å². The van der Waals surface area contributed by atoms with Gasteiger partial charge in [-0.25, -0.2) is 4.79 Å². The van der Waals surface area contributed by atoms with Crippen molar-refractivity contribution in [3.63, 3.8) is 0 Å². The second kappa shape index (κ2) is 12.4. The third kappa shape index (κ3) is 6.21. The van der Waals surface area contributed by atoms with Crippen LogP contribution in [0.25, 0.3) is 0 Å². The Kier molecular flexibility index (Phi) is 8.97. The van der Waals surface area contributed by atoms with Crippen molar-refractivity contribution in [2.45, 2.75) is 50.7 Å². The van der Waals surface area contributed by atoms with E-state index in [1.54, 1.807) is 14.2 Å². The topological polar surface area (TPSA) is 98.7 Å². The first kappa shape index (κ1) is 26.9. The Morgan fingerprint density at radius 2 is 1.70 bits per heavy atom. The number of ether oxygens (including phenoxy) is 4. The quantitative estimate of drug-likeness (QED) is 0.287. The van der Waals surface area contributed by atoms with Gasteiger partial charge < -0.3 is 24.3 Å². The van der Waals surface area contributed by atoms with Crippen molar-refractivity contribution in [2.24, 2.45) is 11.2 Å². The molecule has 2 aliphatic heterocycles. The van der Waals surface area contributed by atoms with E-state index < -0.39 is 6.03 Å². The molecule has 1 fully saturated rings. The zero-order valence-electron chi connectivity index (χ0n) is 21.4. The highest BCUT2D eigenvalue weighted by Crippen LogP contribution is 2.52. The summed E-state index contributed by atoms with van der Waals surface area (Å²) >= 11 is 5.46. The van der Waals surface area contributed by atoms with Crippen LogP contribution in [0.2, 0.25) is 0 Å². The Morgan fingerprint density at radius 3 is 2.32 bits per heavy atom. The first-order valence-corrected chi connectivity index (χ1v) is 13.1. The lowest BCUT2D eigenvalue weighted by molar-refractivity contribution is 0.139. The number of hydrogen-bond donors (Lipinski definition) is 1. The maximum absolute atomic E-state index is 11.6. The van der Waals surface area contributed by atoms with E-state index in [1.165, 1.54) is 5.56 Å². The van der Waals surface area contributed by atoms with Gasteiger partial charge in [-0.2, -0.15) is 5.01 Å². The van der Waals surface area contributed by atoms with Crippen LogP contribution < -0.4 is 24.3 Å². The molecule has 2 heterocycles. The predicted molar refractivity (Wildman–Crippen MR) is 141 cm³/mol. The van der Waals surface area contributed by atoms with Gasteiger partial charge in [0.25, 0.3) is 0 Å². The van der Waals surface area contributed by atoms with Gasteiger partial charge in [-0.15, -0.1) is 16.5 Å². The largest absolute Gasteiger partial charge is 0.497 e. The number of carbonyl (C=O) groups excluding carboxylic acids is 1. The Hall–Kier alpha value is -3.20. The van der Waals surface area contributed by atoms with Crippen LogP contribution in [0.3, 0.4) is 0 Å². The third-order valence-electron chi connectivity index (χ3n) is 7.16. The number of nitroso groups, excluding NO2 is 1. The summed E-state index contributed by atoms with van der Waals surface area (Å²) in [7, 11) is 3.32. The lowest BCUT2D eigenvalue weighted by Crippen LogP contribution is -2.44. The summed E-state index contributed by atoms with van der Waals surface area (Å²) in [6.45, 7) is 2.98. The van der Waals surface area contributed by atoms with Crippen molar-refractivity contribution >= 4 is 17.6 Å². The predicted octanol–water partition coefficient (Wildman–Crippen LogP) is 5.81. The number of carbonyl (C=O) groups is 1. The van der Waals surface area contributed by atoms with Crippen LogP contribution in [0, 0.1) is 10.8 Å². The number of urea groups is 1. The summed E-state index contributed by atoms with van der Waals surface area (Å²) in [4.78, 5) is 22.0. The van der Waals surface area contributed by atoms with Crippen molar-refractivity contribution < 1.29 is 23.7 Å². The molecule has 0 saturated heterocycles. The minimum Gasteiger partial charge on any atom is -0.497 e. The summed E-state index contributed by atoms with van der Waals surface area (Å²) in [6, 6.07) is 11.6. The van der Waals surface area contributed by atoms with Crippen molar-refractivity contribution in [2.75, 3.05) is 33.3 Å². The molecule has 0 aromatic heterocycles. The van der Waals surface area contributed by atoms with Gasteiger partial charge in [-0.3, -0.25) is 0 Å². The number of halogens is 1. The molecule has 2 unspecified atom stereocenters. The Balaban J connectivity index is 0.000000181. The number of methoxy groups -OCH3 is 2. The summed E-state index contributed by atoms with van der Waals surface area (Å²) in [6.07, 6.45) is 4.19. The smallest absolute Gasteiger partial charge is 0.340 e. The first-order valence-electron chi connectivity index (χ1n) is 12.6. The van der Waals surface area contributed by atoms with E-state index in [0.29, 0.717) is 6.61 Å². The fourth-order valence-electron chi connectivity index (χ4n) is 4.98. The molecule has 1 N–H and O–H groups in total. The molecule has 37 heavy (non-hydrogen) atoms. The summed E-state index contributed by atoms with van der Waals surface area (Å²) in [5.74, 6) is 4.50. The number of amides is 2. The van der Waals surface area contributed by atoms with Crippen LogP contribution in [-0.2, 0) is 0 Å². The number of hydrogen-bond acceptors (Lipinski definition) is 7. The highest BCUT2D eigenvalue weighted by atomic mass is 35.5. The summed E-state index contributed by atoms with van der Waals surface area (Å²) in [5.41, 5.74) is 2.25. The van der Waals surface area contributed by atoms with Crippen molar-refractivity contribution in [3.05, 3.63) is 52.4 Å². The lowest BCUT2D eigenvalue weighted by Gasteiger charge is -2.28. The fourth-order valence-corrected chi connectivity index (χ4v) is 5.14. The van der Waals surface area contributed by atoms with E-state index in [4.69, 9.17) is 30.5 Å². The van der Waals surface area contributed by atoms with E-state index in [9.17, 15) is 9.70 Å². The molecule has 2 aromatic rings. The van der Waals surface area contributed by atoms with Gasteiger partial charge in [-0.05, 0) is 49.8 Å². The van der Waals surface area contributed by atoms with Crippen molar-refractivity contribution in [1.82, 2.24) is 10.3 Å². The van der Waals surface area contributed by atoms with Crippen LogP contribution in [0.1, 0.15) is 55.8 Å². The van der Waals surface area contributed by atoms with Crippen molar-refractivity contribution in [3.8, 4) is 23.0 Å². The highest BCUT2D eigenvalue weighted by molar-refractivity contribution is 6.18. The molecule has 0 radical (unpaired) electrons. The van der Waals surface area contributed by atoms with Crippen LogP contribution in [-0.4, -0.2) is 50.3 Å². The molecule has 200 valence electrons. The van der Waals surface area contributed by atoms with E-state index in [0.717, 1.165) is 65.2 Å². The fraction of sp³-hybridized carbons (Fsp3) is 0.519. The molecule has 5 rings (SSSR count). The normalized spacial score (nSPS) is 22.9. The SMILES string of the molecule is CC1CCC(NC(=O)N(CCCl)N=O)CC1.COc1ccc2c(c1)OC1c3ccc(OC)cc3OCC21. The monoisotopic (exact) mass is 531 g/mol. The standard InChI is InChI=1S/C17H16O4.C10H18ClN3O2/c1-18-10-4-6-13-15(7-10)20-9-14-12-5-3-11(19-2)8-16(12)21-17(13)14;1-8-2-4-9(5-3-8)12-10(15)14(13-16)7-6-11/h3-8,14,17H,9H2,1-2H3;8-9H,2-7H2,1H3,(H,12,15). The number of alkyl halides is 1. The van der Waals surface area contributed by atoms with Crippen LogP contribution in [0.15, 0.2) is 41.7 Å². The Bertz CT molecular complexity index is 1090. The summed E-state index contributed by atoms with van der Waals surface area (Å²) in [5, 5.41) is 6.29. The van der Waals surface area contributed by atoms with E-state index in [1.807, 2.05) is 30.3 Å². The molecule has 2 aromatic carbocycles. The Labute approximate surface area is 222 Å². The van der Waals surface area contributed by atoms with Gasteiger partial charge in [0.15, 0.2) is 0 Å². The second-order valence-electron chi connectivity index (χ2n) is 9.56. The second-order valence-corrected chi connectivity index (χ2v) is 9.94. The molecule has 1 saturated carbocycles. The van der Waals surface area contributed by atoms with Crippen LogP contribution in [0.4, 0.5) is 4.79 Å². The zero-order chi connectivity index (χ0) is 26.4.